The largest absolute Gasteiger partial charge is 0.350 e. The first kappa shape index (κ1) is 13.2. The van der Waals surface area contributed by atoms with Gasteiger partial charge in [-0.05, 0) is 44.2 Å². The second kappa shape index (κ2) is 5.29. The van der Waals surface area contributed by atoms with Crippen molar-refractivity contribution < 1.29 is 4.79 Å². The van der Waals surface area contributed by atoms with Crippen LogP contribution in [-0.4, -0.2) is 23.0 Å². The summed E-state index contributed by atoms with van der Waals surface area (Å²) < 4.78 is 0. The molecule has 0 saturated heterocycles. The summed E-state index contributed by atoms with van der Waals surface area (Å²) in [5, 5.41) is 4.19. The quantitative estimate of drug-likeness (QED) is 0.785. The second-order valence-corrected chi connectivity index (χ2v) is 5.81. The molecule has 1 saturated carbocycles. The van der Waals surface area contributed by atoms with E-state index in [1.54, 1.807) is 0 Å². The van der Waals surface area contributed by atoms with Crippen molar-refractivity contribution in [3.63, 3.8) is 0 Å². The lowest BCUT2D eigenvalue weighted by molar-refractivity contribution is 0.0921. The van der Waals surface area contributed by atoms with Gasteiger partial charge in [0.1, 0.15) is 5.69 Å². The van der Waals surface area contributed by atoms with E-state index in [9.17, 15) is 4.79 Å². The first-order valence-corrected chi connectivity index (χ1v) is 7.28. The Kier molecular flexibility index (Phi) is 3.49. The predicted molar refractivity (Wildman–Crippen MR) is 80.7 cm³/mol. The zero-order valence-corrected chi connectivity index (χ0v) is 11.8. The number of aromatic amines is 1. The number of aryl methyl sites for hydroxylation is 1. The van der Waals surface area contributed by atoms with E-state index in [4.69, 9.17) is 5.73 Å². The van der Waals surface area contributed by atoms with Gasteiger partial charge in [0.2, 0.25) is 0 Å². The number of aromatic nitrogens is 1. The van der Waals surface area contributed by atoms with Gasteiger partial charge in [0, 0.05) is 23.0 Å². The summed E-state index contributed by atoms with van der Waals surface area (Å²) in [5.41, 5.74) is 8.73. The Bertz CT molecular complexity index is 624. The van der Waals surface area contributed by atoms with Crippen LogP contribution in [0.1, 0.15) is 41.7 Å². The third-order valence-corrected chi connectivity index (χ3v) is 4.22. The number of amides is 1. The van der Waals surface area contributed by atoms with Gasteiger partial charge in [-0.2, -0.15) is 0 Å². The third-order valence-electron chi connectivity index (χ3n) is 4.22. The molecule has 20 heavy (non-hydrogen) atoms. The first-order chi connectivity index (χ1) is 9.63. The molecule has 1 amide bonds. The zero-order chi connectivity index (χ0) is 14.1. The summed E-state index contributed by atoms with van der Waals surface area (Å²) in [7, 11) is 0. The minimum atomic E-state index is -0.0129. The molecule has 0 unspecified atom stereocenters. The Hall–Kier alpha value is -1.81. The molecule has 0 atom stereocenters. The number of fused-ring (bicyclic) bond motifs is 1. The Morgan fingerprint density at radius 3 is 2.75 bits per heavy atom. The molecular weight excluding hydrogens is 250 g/mol. The molecule has 3 rings (SSSR count). The van der Waals surface area contributed by atoms with E-state index < -0.39 is 0 Å². The van der Waals surface area contributed by atoms with Crippen LogP contribution in [-0.2, 0) is 0 Å². The number of H-pyrrole nitrogens is 1. The van der Waals surface area contributed by atoms with Crippen LogP contribution in [0, 0.1) is 6.92 Å². The van der Waals surface area contributed by atoms with Crippen molar-refractivity contribution in [2.45, 2.75) is 44.7 Å². The summed E-state index contributed by atoms with van der Waals surface area (Å²) in [5.74, 6) is -0.0129. The van der Waals surface area contributed by atoms with Gasteiger partial charge in [-0.3, -0.25) is 4.79 Å². The molecule has 1 aliphatic carbocycles. The lowest BCUT2D eigenvalue weighted by Gasteiger charge is -2.26. The fourth-order valence-electron chi connectivity index (χ4n) is 2.96. The van der Waals surface area contributed by atoms with Crippen molar-refractivity contribution in [2.75, 3.05) is 0 Å². The van der Waals surface area contributed by atoms with E-state index in [0.717, 1.165) is 42.1 Å². The van der Waals surface area contributed by atoms with Gasteiger partial charge < -0.3 is 16.0 Å². The van der Waals surface area contributed by atoms with Crippen LogP contribution in [0.3, 0.4) is 0 Å². The SMILES string of the molecule is Cc1cccc2cc(C(=O)N[C@H]3CC[C@H](N)CC3)[nH]c12. The Labute approximate surface area is 118 Å². The van der Waals surface area contributed by atoms with Gasteiger partial charge in [0.15, 0.2) is 0 Å². The molecule has 1 aromatic heterocycles. The Morgan fingerprint density at radius 2 is 2.05 bits per heavy atom. The molecule has 0 bridgehead atoms. The number of nitrogens with two attached hydrogens (primary N) is 1. The van der Waals surface area contributed by atoms with Crippen LogP contribution in [0.5, 0.6) is 0 Å². The molecule has 4 heteroatoms. The number of benzene rings is 1. The number of hydrogen-bond acceptors (Lipinski definition) is 2. The van der Waals surface area contributed by atoms with E-state index in [2.05, 4.69) is 10.3 Å². The summed E-state index contributed by atoms with van der Waals surface area (Å²) in [6, 6.07) is 8.56. The normalized spacial score (nSPS) is 22.9. The lowest BCUT2D eigenvalue weighted by Crippen LogP contribution is -2.40. The topological polar surface area (TPSA) is 70.9 Å². The number of carbonyl (C=O) groups excluding carboxylic acids is 1. The van der Waals surface area contributed by atoms with E-state index >= 15 is 0 Å². The monoisotopic (exact) mass is 271 g/mol. The minimum absolute atomic E-state index is 0.0129. The van der Waals surface area contributed by atoms with E-state index in [-0.39, 0.29) is 11.9 Å². The highest BCUT2D eigenvalue weighted by Crippen LogP contribution is 2.20. The molecular formula is C16H21N3O. The standard InChI is InChI=1S/C16H21N3O/c1-10-3-2-4-11-9-14(19-15(10)11)16(20)18-13-7-5-12(17)6-8-13/h2-4,9,12-13,19H,5-8,17H2,1H3,(H,18,20)/t12-,13-. The van der Waals surface area contributed by atoms with Gasteiger partial charge >= 0.3 is 0 Å². The summed E-state index contributed by atoms with van der Waals surface area (Å²) in [4.78, 5) is 15.5. The van der Waals surface area contributed by atoms with Gasteiger partial charge in [-0.15, -0.1) is 0 Å². The highest BCUT2D eigenvalue weighted by atomic mass is 16.1. The van der Waals surface area contributed by atoms with Crippen molar-refractivity contribution in [3.8, 4) is 0 Å². The molecule has 1 aromatic carbocycles. The van der Waals surface area contributed by atoms with Crippen molar-refractivity contribution >= 4 is 16.8 Å². The van der Waals surface area contributed by atoms with Crippen LogP contribution in [0.2, 0.25) is 0 Å². The van der Waals surface area contributed by atoms with Crippen LogP contribution >= 0.6 is 0 Å². The number of hydrogen-bond donors (Lipinski definition) is 3. The number of rotatable bonds is 2. The molecule has 0 aliphatic heterocycles. The molecule has 4 N–H and O–H groups in total. The second-order valence-electron chi connectivity index (χ2n) is 5.81. The third kappa shape index (κ3) is 2.56. The predicted octanol–water partition coefficient (Wildman–Crippen LogP) is 2.48. The fraction of sp³-hybridized carbons (Fsp3) is 0.438. The summed E-state index contributed by atoms with van der Waals surface area (Å²) in [6.45, 7) is 2.04. The van der Waals surface area contributed by atoms with E-state index in [0.29, 0.717) is 11.7 Å². The van der Waals surface area contributed by atoms with Crippen molar-refractivity contribution in [1.29, 1.82) is 0 Å². The molecule has 1 fully saturated rings. The highest BCUT2D eigenvalue weighted by molar-refractivity contribution is 5.98. The Balaban J connectivity index is 1.74. The van der Waals surface area contributed by atoms with Crippen LogP contribution in [0.25, 0.3) is 10.9 Å². The Morgan fingerprint density at radius 1 is 1.30 bits per heavy atom. The van der Waals surface area contributed by atoms with Gasteiger partial charge in [-0.25, -0.2) is 0 Å². The number of nitrogens with one attached hydrogen (secondary N) is 2. The molecule has 4 nitrogen and oxygen atoms in total. The summed E-state index contributed by atoms with van der Waals surface area (Å²) in [6.07, 6.45) is 3.95. The van der Waals surface area contributed by atoms with Gasteiger partial charge in [0.25, 0.3) is 5.91 Å². The maximum atomic E-state index is 12.3. The smallest absolute Gasteiger partial charge is 0.267 e. The molecule has 106 valence electrons. The van der Waals surface area contributed by atoms with Crippen LogP contribution < -0.4 is 11.1 Å². The molecule has 0 spiro atoms. The van der Waals surface area contributed by atoms with Crippen molar-refractivity contribution in [3.05, 3.63) is 35.5 Å². The van der Waals surface area contributed by atoms with Crippen molar-refractivity contribution in [1.82, 2.24) is 10.3 Å². The molecule has 2 aromatic rings. The lowest BCUT2D eigenvalue weighted by atomic mass is 9.92. The minimum Gasteiger partial charge on any atom is -0.350 e. The van der Waals surface area contributed by atoms with Gasteiger partial charge in [-0.1, -0.05) is 18.2 Å². The molecule has 0 radical (unpaired) electrons. The highest BCUT2D eigenvalue weighted by Gasteiger charge is 2.21. The average Bonchev–Trinajstić information content (AvgIpc) is 2.87. The number of para-hydroxylation sites is 1. The summed E-state index contributed by atoms with van der Waals surface area (Å²) >= 11 is 0. The zero-order valence-electron chi connectivity index (χ0n) is 11.8. The maximum absolute atomic E-state index is 12.3. The van der Waals surface area contributed by atoms with Gasteiger partial charge in [0.05, 0.1) is 0 Å². The van der Waals surface area contributed by atoms with Crippen molar-refractivity contribution in [2.24, 2.45) is 5.73 Å². The average molecular weight is 271 g/mol. The van der Waals surface area contributed by atoms with E-state index in [1.165, 1.54) is 0 Å². The number of carbonyl (C=O) groups is 1. The fourth-order valence-corrected chi connectivity index (χ4v) is 2.96. The molecule has 1 aliphatic rings. The van der Waals surface area contributed by atoms with E-state index in [1.807, 2.05) is 31.2 Å². The maximum Gasteiger partial charge on any atom is 0.267 e. The molecule has 1 heterocycles. The first-order valence-electron chi connectivity index (χ1n) is 7.28. The van der Waals surface area contributed by atoms with Crippen LogP contribution in [0.4, 0.5) is 0 Å². The van der Waals surface area contributed by atoms with Crippen LogP contribution in [0.15, 0.2) is 24.3 Å².